The van der Waals surface area contributed by atoms with E-state index in [0.717, 1.165) is 32.4 Å². The first-order valence-corrected chi connectivity index (χ1v) is 6.88. The van der Waals surface area contributed by atoms with E-state index in [2.05, 4.69) is 22.1 Å². The van der Waals surface area contributed by atoms with Crippen LogP contribution in [0.4, 0.5) is 10.2 Å². The lowest BCUT2D eigenvalue weighted by molar-refractivity contribution is 0.567. The first kappa shape index (κ1) is 13.3. The van der Waals surface area contributed by atoms with Crippen molar-refractivity contribution in [2.75, 3.05) is 18.0 Å². The van der Waals surface area contributed by atoms with Crippen molar-refractivity contribution in [3.63, 3.8) is 0 Å². The summed E-state index contributed by atoms with van der Waals surface area (Å²) in [4.78, 5) is 6.38. The fourth-order valence-electron chi connectivity index (χ4n) is 2.61. The molecule has 1 unspecified atom stereocenters. The third kappa shape index (κ3) is 2.64. The Kier molecular flexibility index (Phi) is 4.53. The molecule has 18 heavy (non-hydrogen) atoms. The van der Waals surface area contributed by atoms with Crippen LogP contribution in [0.25, 0.3) is 0 Å². The first-order valence-electron chi connectivity index (χ1n) is 6.88. The zero-order valence-corrected chi connectivity index (χ0v) is 11.2. The molecule has 1 N–H and O–H groups in total. The molecule has 2 rings (SSSR count). The lowest BCUT2D eigenvalue weighted by atomic mass is 10.1. The Morgan fingerprint density at radius 3 is 3.06 bits per heavy atom. The molecule has 0 aliphatic carbocycles. The summed E-state index contributed by atoms with van der Waals surface area (Å²) < 4.78 is 14.4. The van der Waals surface area contributed by atoms with E-state index in [-0.39, 0.29) is 5.82 Å². The maximum atomic E-state index is 14.4. The van der Waals surface area contributed by atoms with E-state index >= 15 is 0 Å². The average molecular weight is 251 g/mol. The molecule has 1 aliphatic heterocycles. The van der Waals surface area contributed by atoms with Gasteiger partial charge in [0.25, 0.3) is 0 Å². The minimum atomic E-state index is -0.154. The minimum Gasteiger partial charge on any atom is -0.351 e. The van der Waals surface area contributed by atoms with E-state index in [1.165, 1.54) is 0 Å². The Morgan fingerprint density at radius 1 is 1.50 bits per heavy atom. The van der Waals surface area contributed by atoms with Crippen molar-refractivity contribution in [2.24, 2.45) is 0 Å². The second-order valence-electron chi connectivity index (χ2n) is 4.79. The minimum absolute atomic E-state index is 0.154. The van der Waals surface area contributed by atoms with Gasteiger partial charge in [-0.2, -0.15) is 0 Å². The molecule has 0 aromatic carbocycles. The summed E-state index contributed by atoms with van der Waals surface area (Å²) in [5, 5.41) is 3.16. The first-order chi connectivity index (χ1) is 8.77. The average Bonchev–Trinajstić information content (AvgIpc) is 2.85. The predicted octanol–water partition coefficient (Wildman–Crippen LogP) is 2.71. The highest BCUT2D eigenvalue weighted by molar-refractivity contribution is 5.45. The van der Waals surface area contributed by atoms with E-state index < -0.39 is 0 Å². The zero-order valence-electron chi connectivity index (χ0n) is 11.2. The summed E-state index contributed by atoms with van der Waals surface area (Å²) in [5.41, 5.74) is 0.712. The molecular formula is C14H22FN3. The fraction of sp³-hybridized carbons (Fsp3) is 0.643. The molecule has 1 atom stereocenters. The third-order valence-corrected chi connectivity index (χ3v) is 3.64. The van der Waals surface area contributed by atoms with E-state index in [4.69, 9.17) is 0 Å². The molecule has 4 heteroatoms. The largest absolute Gasteiger partial charge is 0.351 e. The van der Waals surface area contributed by atoms with Crippen molar-refractivity contribution in [3.8, 4) is 0 Å². The fourth-order valence-corrected chi connectivity index (χ4v) is 2.61. The van der Waals surface area contributed by atoms with Crippen molar-refractivity contribution in [1.29, 1.82) is 0 Å². The molecule has 1 aromatic heterocycles. The summed E-state index contributed by atoms with van der Waals surface area (Å²) in [7, 11) is 0. The van der Waals surface area contributed by atoms with Gasteiger partial charge in [0.2, 0.25) is 0 Å². The number of aromatic nitrogens is 1. The lowest BCUT2D eigenvalue weighted by Gasteiger charge is -2.25. The lowest BCUT2D eigenvalue weighted by Crippen LogP contribution is -2.30. The number of hydrogen-bond acceptors (Lipinski definition) is 3. The van der Waals surface area contributed by atoms with E-state index in [1.807, 2.05) is 6.92 Å². The molecule has 100 valence electrons. The molecule has 1 saturated heterocycles. The number of pyridine rings is 1. The van der Waals surface area contributed by atoms with Gasteiger partial charge in [-0.3, -0.25) is 0 Å². The van der Waals surface area contributed by atoms with Crippen molar-refractivity contribution in [3.05, 3.63) is 23.6 Å². The van der Waals surface area contributed by atoms with Gasteiger partial charge in [0.05, 0.1) is 0 Å². The van der Waals surface area contributed by atoms with Crippen LogP contribution in [0.15, 0.2) is 12.3 Å². The van der Waals surface area contributed by atoms with Crippen LogP contribution in [0, 0.1) is 5.82 Å². The third-order valence-electron chi connectivity index (χ3n) is 3.64. The Balaban J connectivity index is 2.22. The quantitative estimate of drug-likeness (QED) is 0.872. The Hall–Kier alpha value is -1.16. The van der Waals surface area contributed by atoms with Crippen molar-refractivity contribution in [2.45, 2.75) is 45.7 Å². The van der Waals surface area contributed by atoms with Crippen molar-refractivity contribution >= 4 is 5.82 Å². The molecule has 0 spiro atoms. The van der Waals surface area contributed by atoms with E-state index in [0.29, 0.717) is 24.0 Å². The summed E-state index contributed by atoms with van der Waals surface area (Å²) in [6.45, 7) is 6.52. The smallest absolute Gasteiger partial charge is 0.170 e. The highest BCUT2D eigenvalue weighted by atomic mass is 19.1. The van der Waals surface area contributed by atoms with Crippen LogP contribution < -0.4 is 10.2 Å². The number of hydrogen-bond donors (Lipinski definition) is 1. The van der Waals surface area contributed by atoms with Gasteiger partial charge in [-0.15, -0.1) is 0 Å². The molecular weight excluding hydrogens is 229 g/mol. The molecule has 0 amide bonds. The van der Waals surface area contributed by atoms with Gasteiger partial charge in [-0.1, -0.05) is 13.8 Å². The number of rotatable bonds is 5. The van der Waals surface area contributed by atoms with Crippen LogP contribution in [0.1, 0.15) is 38.7 Å². The normalized spacial score (nSPS) is 19.5. The van der Waals surface area contributed by atoms with Gasteiger partial charge < -0.3 is 10.2 Å². The second-order valence-corrected chi connectivity index (χ2v) is 4.79. The van der Waals surface area contributed by atoms with Crippen LogP contribution in [-0.4, -0.2) is 24.1 Å². The molecule has 0 radical (unpaired) electrons. The molecule has 0 saturated carbocycles. The predicted molar refractivity (Wildman–Crippen MR) is 72.2 cm³/mol. The number of anilines is 1. The molecule has 3 nitrogen and oxygen atoms in total. The number of halogens is 1. The maximum Gasteiger partial charge on any atom is 0.170 e. The monoisotopic (exact) mass is 251 g/mol. The molecule has 2 heterocycles. The van der Waals surface area contributed by atoms with Crippen LogP contribution in [0.5, 0.6) is 0 Å². The van der Waals surface area contributed by atoms with Gasteiger partial charge in [0, 0.05) is 30.9 Å². The molecule has 0 bridgehead atoms. The van der Waals surface area contributed by atoms with Gasteiger partial charge in [0.15, 0.2) is 11.6 Å². The van der Waals surface area contributed by atoms with Crippen molar-refractivity contribution in [1.82, 2.24) is 10.3 Å². The summed E-state index contributed by atoms with van der Waals surface area (Å²) in [6, 6.07) is 2.21. The summed E-state index contributed by atoms with van der Waals surface area (Å²) in [6.07, 6.45) is 5.06. The maximum absolute atomic E-state index is 14.4. The summed E-state index contributed by atoms with van der Waals surface area (Å²) in [5.74, 6) is 0.383. The second kappa shape index (κ2) is 6.14. The molecule has 1 fully saturated rings. The van der Waals surface area contributed by atoms with Crippen molar-refractivity contribution < 1.29 is 4.39 Å². The van der Waals surface area contributed by atoms with Crippen LogP contribution in [-0.2, 0) is 6.54 Å². The van der Waals surface area contributed by atoms with Crippen LogP contribution >= 0.6 is 0 Å². The van der Waals surface area contributed by atoms with E-state index in [1.54, 1.807) is 12.3 Å². The highest BCUT2D eigenvalue weighted by Gasteiger charge is 2.26. The SMILES string of the molecule is CCNCc1ccnc(N2CCCC2CC)c1F. The Labute approximate surface area is 108 Å². The van der Waals surface area contributed by atoms with Gasteiger partial charge in [-0.25, -0.2) is 9.37 Å². The standard InChI is InChI=1S/C14H22FN3/c1-3-12-6-5-9-18(12)14-13(15)11(7-8-17-14)10-16-4-2/h7-8,12,16H,3-6,9-10H2,1-2H3. The topological polar surface area (TPSA) is 28.2 Å². The van der Waals surface area contributed by atoms with E-state index in [9.17, 15) is 4.39 Å². The molecule has 1 aromatic rings. The summed E-state index contributed by atoms with van der Waals surface area (Å²) >= 11 is 0. The van der Waals surface area contributed by atoms with Gasteiger partial charge in [-0.05, 0) is 31.9 Å². The van der Waals surface area contributed by atoms with Gasteiger partial charge in [0.1, 0.15) is 0 Å². The Bertz CT molecular complexity index is 395. The highest BCUT2D eigenvalue weighted by Crippen LogP contribution is 2.28. The molecule has 1 aliphatic rings. The van der Waals surface area contributed by atoms with Crippen LogP contribution in [0.2, 0.25) is 0 Å². The Morgan fingerprint density at radius 2 is 2.33 bits per heavy atom. The van der Waals surface area contributed by atoms with Gasteiger partial charge >= 0.3 is 0 Å². The number of nitrogens with one attached hydrogen (secondary N) is 1. The van der Waals surface area contributed by atoms with Crippen LogP contribution in [0.3, 0.4) is 0 Å². The zero-order chi connectivity index (χ0) is 13.0. The number of nitrogens with zero attached hydrogens (tertiary/aromatic N) is 2.